The average Bonchev–Trinajstić information content (AvgIpc) is 2.40. The Morgan fingerprint density at radius 2 is 2.08 bits per heavy atom. The normalized spacial score (nSPS) is 43.3. The Morgan fingerprint density at radius 3 is 2.33 bits per heavy atom. The van der Waals surface area contributed by atoms with Gasteiger partial charge in [0.05, 0.1) is 5.92 Å². The maximum Gasteiger partial charge on any atom is 0.307 e. The number of carboxylic acid groups (broad SMARTS) is 1. The summed E-state index contributed by atoms with van der Waals surface area (Å²) in [5, 5.41) is 8.63. The van der Waals surface area contributed by atoms with E-state index in [0.717, 1.165) is 0 Å². The van der Waals surface area contributed by atoms with E-state index in [0.29, 0.717) is 12.8 Å². The number of alkyl halides is 2. The lowest BCUT2D eigenvalue weighted by Gasteiger charge is -2.16. The quantitative estimate of drug-likeness (QED) is 0.660. The van der Waals surface area contributed by atoms with Crippen molar-refractivity contribution in [3.05, 3.63) is 0 Å². The predicted octanol–water partition coefficient (Wildman–Crippen LogP) is 1.75. The van der Waals surface area contributed by atoms with Gasteiger partial charge < -0.3 is 5.11 Å². The van der Waals surface area contributed by atoms with Gasteiger partial charge in [-0.3, -0.25) is 4.79 Å². The molecule has 0 spiro atoms. The van der Waals surface area contributed by atoms with Crippen molar-refractivity contribution in [2.45, 2.75) is 25.2 Å². The molecule has 1 N–H and O–H groups in total. The number of carboxylic acids is 1. The number of fused-ring (bicyclic) bond motifs is 2. The molecule has 4 heteroatoms. The molecule has 0 aromatic rings. The zero-order valence-electron chi connectivity index (χ0n) is 6.46. The minimum Gasteiger partial charge on any atom is -0.481 e. The van der Waals surface area contributed by atoms with Crippen molar-refractivity contribution < 1.29 is 18.7 Å². The van der Waals surface area contributed by atoms with Gasteiger partial charge in [-0.1, -0.05) is 0 Å². The maximum atomic E-state index is 13.1. The van der Waals surface area contributed by atoms with E-state index >= 15 is 0 Å². The van der Waals surface area contributed by atoms with Crippen LogP contribution in [0.1, 0.15) is 19.3 Å². The molecule has 0 aliphatic heterocycles. The molecule has 68 valence electrons. The Hall–Kier alpha value is -0.670. The van der Waals surface area contributed by atoms with Crippen LogP contribution in [0.3, 0.4) is 0 Å². The van der Waals surface area contributed by atoms with E-state index < -0.39 is 29.6 Å². The molecule has 12 heavy (non-hydrogen) atoms. The topological polar surface area (TPSA) is 37.3 Å². The third kappa shape index (κ3) is 0.807. The lowest BCUT2D eigenvalue weighted by atomic mass is 9.89. The smallest absolute Gasteiger partial charge is 0.307 e. The fourth-order valence-corrected chi connectivity index (χ4v) is 2.56. The van der Waals surface area contributed by atoms with Crippen LogP contribution in [0.2, 0.25) is 0 Å². The molecule has 2 nitrogen and oxygen atoms in total. The molecule has 2 saturated carbocycles. The molecule has 0 aromatic heterocycles. The number of hydrogen-bond acceptors (Lipinski definition) is 1. The molecule has 2 aliphatic carbocycles. The second-order valence-electron chi connectivity index (χ2n) is 3.74. The van der Waals surface area contributed by atoms with Gasteiger partial charge >= 0.3 is 5.97 Å². The van der Waals surface area contributed by atoms with Crippen LogP contribution in [-0.4, -0.2) is 17.0 Å². The SMILES string of the molecule is O=C(O)C1CC2CCC1C2(F)F. The molecule has 0 aromatic carbocycles. The van der Waals surface area contributed by atoms with Crippen molar-refractivity contribution >= 4 is 5.97 Å². The fourth-order valence-electron chi connectivity index (χ4n) is 2.56. The van der Waals surface area contributed by atoms with Crippen molar-refractivity contribution in [2.24, 2.45) is 17.8 Å². The van der Waals surface area contributed by atoms with Crippen LogP contribution in [0.5, 0.6) is 0 Å². The Bertz CT molecular complexity index is 227. The van der Waals surface area contributed by atoms with Gasteiger partial charge in [0.15, 0.2) is 0 Å². The number of rotatable bonds is 1. The second-order valence-corrected chi connectivity index (χ2v) is 3.74. The zero-order chi connectivity index (χ0) is 8.93. The summed E-state index contributed by atoms with van der Waals surface area (Å²) in [5.41, 5.74) is 0. The van der Waals surface area contributed by atoms with Crippen LogP contribution in [-0.2, 0) is 4.79 Å². The zero-order valence-corrected chi connectivity index (χ0v) is 6.46. The molecule has 0 heterocycles. The number of carbonyl (C=O) groups is 1. The Kier molecular flexibility index (Phi) is 1.44. The summed E-state index contributed by atoms with van der Waals surface area (Å²) in [6, 6.07) is 0. The fraction of sp³-hybridized carbons (Fsp3) is 0.875. The number of hydrogen-bond donors (Lipinski definition) is 1. The van der Waals surface area contributed by atoms with Crippen LogP contribution in [0, 0.1) is 17.8 Å². The summed E-state index contributed by atoms with van der Waals surface area (Å²) < 4.78 is 26.3. The van der Waals surface area contributed by atoms with Gasteiger partial charge in [0.2, 0.25) is 0 Å². The first-order valence-electron chi connectivity index (χ1n) is 4.14. The molecule has 0 saturated heterocycles. The lowest BCUT2D eigenvalue weighted by Crippen LogP contribution is -2.27. The molecule has 2 rings (SSSR count). The predicted molar refractivity (Wildman–Crippen MR) is 36.9 cm³/mol. The molecule has 2 bridgehead atoms. The van der Waals surface area contributed by atoms with Gasteiger partial charge in [-0.05, 0) is 19.3 Å². The van der Waals surface area contributed by atoms with Gasteiger partial charge in [-0.2, -0.15) is 0 Å². The van der Waals surface area contributed by atoms with E-state index in [1.807, 2.05) is 0 Å². The van der Waals surface area contributed by atoms with Crippen molar-refractivity contribution in [3.8, 4) is 0 Å². The van der Waals surface area contributed by atoms with Crippen molar-refractivity contribution in [1.29, 1.82) is 0 Å². The Labute approximate surface area is 68.6 Å². The van der Waals surface area contributed by atoms with Crippen LogP contribution in [0.15, 0.2) is 0 Å². The summed E-state index contributed by atoms with van der Waals surface area (Å²) in [5.74, 6) is -6.10. The third-order valence-corrected chi connectivity index (χ3v) is 3.21. The van der Waals surface area contributed by atoms with Crippen molar-refractivity contribution in [3.63, 3.8) is 0 Å². The molecule has 2 fully saturated rings. The van der Waals surface area contributed by atoms with Gasteiger partial charge in [-0.15, -0.1) is 0 Å². The standard InChI is InChI=1S/C8H10F2O2/c9-8(10)4-1-2-6(8)5(3-4)7(11)12/h4-6H,1-3H2,(H,11,12). The van der Waals surface area contributed by atoms with Crippen LogP contribution >= 0.6 is 0 Å². The largest absolute Gasteiger partial charge is 0.481 e. The lowest BCUT2D eigenvalue weighted by molar-refractivity contribution is -0.145. The highest BCUT2D eigenvalue weighted by Crippen LogP contribution is 2.58. The first-order valence-corrected chi connectivity index (χ1v) is 4.14. The van der Waals surface area contributed by atoms with E-state index in [9.17, 15) is 13.6 Å². The summed E-state index contributed by atoms with van der Waals surface area (Å²) in [6.07, 6.45) is 1.06. The molecule has 2 aliphatic rings. The summed E-state index contributed by atoms with van der Waals surface area (Å²) in [7, 11) is 0. The summed E-state index contributed by atoms with van der Waals surface area (Å²) in [6.45, 7) is 0. The summed E-state index contributed by atoms with van der Waals surface area (Å²) >= 11 is 0. The number of aliphatic carboxylic acids is 1. The Balaban J connectivity index is 2.24. The van der Waals surface area contributed by atoms with Crippen molar-refractivity contribution in [2.75, 3.05) is 0 Å². The minimum absolute atomic E-state index is 0.174. The monoisotopic (exact) mass is 176 g/mol. The highest BCUT2D eigenvalue weighted by molar-refractivity contribution is 5.71. The van der Waals surface area contributed by atoms with Crippen molar-refractivity contribution in [1.82, 2.24) is 0 Å². The van der Waals surface area contributed by atoms with Crippen LogP contribution in [0.4, 0.5) is 8.78 Å². The van der Waals surface area contributed by atoms with E-state index in [1.54, 1.807) is 0 Å². The average molecular weight is 176 g/mol. The van der Waals surface area contributed by atoms with Gasteiger partial charge in [0.25, 0.3) is 5.92 Å². The van der Waals surface area contributed by atoms with Gasteiger partial charge in [-0.25, -0.2) is 8.78 Å². The number of halogens is 2. The molecular weight excluding hydrogens is 166 g/mol. The summed E-state index contributed by atoms with van der Waals surface area (Å²) in [4.78, 5) is 10.5. The highest BCUT2D eigenvalue weighted by atomic mass is 19.3. The van der Waals surface area contributed by atoms with Gasteiger partial charge in [0.1, 0.15) is 0 Å². The second kappa shape index (κ2) is 2.18. The Morgan fingerprint density at radius 1 is 1.42 bits per heavy atom. The maximum absolute atomic E-state index is 13.1. The molecule has 3 atom stereocenters. The third-order valence-electron chi connectivity index (χ3n) is 3.21. The molecule has 0 amide bonds. The van der Waals surface area contributed by atoms with E-state index in [4.69, 9.17) is 5.11 Å². The molecule has 3 unspecified atom stereocenters. The van der Waals surface area contributed by atoms with E-state index in [1.165, 1.54) is 0 Å². The molecule has 0 radical (unpaired) electrons. The van der Waals surface area contributed by atoms with Gasteiger partial charge in [0, 0.05) is 11.8 Å². The first-order chi connectivity index (χ1) is 5.53. The highest BCUT2D eigenvalue weighted by Gasteiger charge is 2.62. The van der Waals surface area contributed by atoms with E-state index in [2.05, 4.69) is 0 Å². The van der Waals surface area contributed by atoms with Crippen LogP contribution in [0.25, 0.3) is 0 Å². The first kappa shape index (κ1) is 7.95. The van der Waals surface area contributed by atoms with Crippen LogP contribution < -0.4 is 0 Å². The minimum atomic E-state index is -2.71. The van der Waals surface area contributed by atoms with E-state index in [-0.39, 0.29) is 6.42 Å². The molecular formula is C8H10F2O2.